The third kappa shape index (κ3) is 3.09. The first-order valence-electron chi connectivity index (χ1n) is 8.60. The van der Waals surface area contributed by atoms with Crippen LogP contribution in [0.2, 0.25) is 0 Å². The standard InChI is InChI=1S/C17H21FN4O2S/c18-14-5-3-4-13(10-14)15-11-19-7-9-22(15)25(23,24)17-12-21-8-2-1-6-16(21)20-17/h3-5,10,12,15,19H,1-2,6-9,11H2. The third-order valence-corrected chi connectivity index (χ3v) is 6.67. The van der Waals surface area contributed by atoms with Gasteiger partial charge in [0.1, 0.15) is 11.6 Å². The number of halogens is 1. The molecule has 1 atom stereocenters. The fourth-order valence-electron chi connectivity index (χ4n) is 3.60. The lowest BCUT2D eigenvalue weighted by Crippen LogP contribution is -2.48. The molecule has 3 heterocycles. The molecule has 0 amide bonds. The Morgan fingerprint density at radius 3 is 2.92 bits per heavy atom. The Morgan fingerprint density at radius 1 is 1.24 bits per heavy atom. The van der Waals surface area contributed by atoms with Crippen molar-refractivity contribution < 1.29 is 12.8 Å². The lowest BCUT2D eigenvalue weighted by molar-refractivity contribution is 0.270. The van der Waals surface area contributed by atoms with E-state index in [2.05, 4.69) is 10.3 Å². The summed E-state index contributed by atoms with van der Waals surface area (Å²) in [6.07, 6.45) is 4.54. The van der Waals surface area contributed by atoms with E-state index in [0.717, 1.165) is 31.6 Å². The Bertz CT molecular complexity index is 857. The highest BCUT2D eigenvalue weighted by molar-refractivity contribution is 7.89. The molecular formula is C17H21FN4O2S. The van der Waals surface area contributed by atoms with Gasteiger partial charge in [0.15, 0.2) is 5.03 Å². The topological polar surface area (TPSA) is 67.2 Å². The summed E-state index contributed by atoms with van der Waals surface area (Å²) in [5.74, 6) is 0.472. The second-order valence-corrected chi connectivity index (χ2v) is 8.37. The number of aryl methyl sites for hydroxylation is 2. The summed E-state index contributed by atoms with van der Waals surface area (Å²) in [5, 5.41) is 3.31. The number of sulfonamides is 1. The van der Waals surface area contributed by atoms with Crippen LogP contribution in [0.1, 0.15) is 30.3 Å². The molecule has 2 aromatic rings. The molecule has 1 N–H and O–H groups in total. The van der Waals surface area contributed by atoms with Crippen LogP contribution in [0.5, 0.6) is 0 Å². The minimum Gasteiger partial charge on any atom is -0.333 e. The van der Waals surface area contributed by atoms with Crippen molar-refractivity contribution >= 4 is 10.0 Å². The lowest BCUT2D eigenvalue weighted by Gasteiger charge is -2.34. The van der Waals surface area contributed by atoms with E-state index < -0.39 is 16.1 Å². The van der Waals surface area contributed by atoms with Crippen LogP contribution in [-0.4, -0.2) is 41.9 Å². The molecule has 1 saturated heterocycles. The predicted octanol–water partition coefficient (Wildman–Crippen LogP) is 1.69. The summed E-state index contributed by atoms with van der Waals surface area (Å²) in [6.45, 7) is 2.17. The molecule has 4 rings (SSSR count). The summed E-state index contributed by atoms with van der Waals surface area (Å²) in [4.78, 5) is 4.38. The Kier molecular flexibility index (Phi) is 4.35. The van der Waals surface area contributed by atoms with Crippen molar-refractivity contribution in [2.75, 3.05) is 19.6 Å². The van der Waals surface area contributed by atoms with Gasteiger partial charge in [-0.3, -0.25) is 0 Å². The van der Waals surface area contributed by atoms with Crippen molar-refractivity contribution in [2.45, 2.75) is 36.9 Å². The first-order valence-corrected chi connectivity index (χ1v) is 10.0. The van der Waals surface area contributed by atoms with E-state index in [1.165, 1.54) is 16.4 Å². The van der Waals surface area contributed by atoms with Crippen molar-refractivity contribution in [3.8, 4) is 0 Å². The number of hydrogen-bond acceptors (Lipinski definition) is 4. The molecule has 0 saturated carbocycles. The van der Waals surface area contributed by atoms with Gasteiger partial charge in [-0.2, -0.15) is 4.31 Å². The summed E-state index contributed by atoms with van der Waals surface area (Å²) >= 11 is 0. The van der Waals surface area contributed by atoms with Crippen LogP contribution >= 0.6 is 0 Å². The van der Waals surface area contributed by atoms with Gasteiger partial charge in [-0.25, -0.2) is 17.8 Å². The van der Waals surface area contributed by atoms with E-state index in [0.29, 0.717) is 25.2 Å². The maximum Gasteiger partial charge on any atom is 0.262 e. The van der Waals surface area contributed by atoms with Crippen molar-refractivity contribution in [1.29, 1.82) is 0 Å². The molecule has 6 nitrogen and oxygen atoms in total. The van der Waals surface area contributed by atoms with Crippen LogP contribution < -0.4 is 5.32 Å². The molecule has 2 aliphatic heterocycles. The van der Waals surface area contributed by atoms with Gasteiger partial charge >= 0.3 is 0 Å². The van der Waals surface area contributed by atoms with Crippen LogP contribution in [0.25, 0.3) is 0 Å². The molecule has 1 unspecified atom stereocenters. The average Bonchev–Trinajstić information content (AvgIpc) is 3.07. The zero-order chi connectivity index (χ0) is 17.4. The van der Waals surface area contributed by atoms with E-state index in [1.807, 2.05) is 4.57 Å². The number of hydrogen-bond donors (Lipinski definition) is 1. The van der Waals surface area contributed by atoms with Gasteiger partial charge < -0.3 is 9.88 Å². The summed E-state index contributed by atoms with van der Waals surface area (Å²) in [5.41, 5.74) is 0.653. The first kappa shape index (κ1) is 16.7. The van der Waals surface area contributed by atoms with E-state index in [4.69, 9.17) is 0 Å². The number of piperazine rings is 1. The van der Waals surface area contributed by atoms with Crippen molar-refractivity contribution in [3.05, 3.63) is 47.7 Å². The van der Waals surface area contributed by atoms with Gasteiger partial charge in [0.2, 0.25) is 0 Å². The highest BCUT2D eigenvalue weighted by atomic mass is 32.2. The lowest BCUT2D eigenvalue weighted by atomic mass is 10.1. The number of imidazole rings is 1. The molecule has 0 aliphatic carbocycles. The fraction of sp³-hybridized carbons (Fsp3) is 0.471. The third-order valence-electron chi connectivity index (χ3n) is 4.89. The monoisotopic (exact) mass is 364 g/mol. The Labute approximate surface area is 146 Å². The molecule has 1 aromatic heterocycles. The molecule has 0 bridgehead atoms. The molecule has 0 spiro atoms. The van der Waals surface area contributed by atoms with E-state index in [9.17, 15) is 12.8 Å². The second kappa shape index (κ2) is 6.51. The van der Waals surface area contributed by atoms with Gasteiger partial charge in [0.25, 0.3) is 10.0 Å². The molecule has 1 fully saturated rings. The number of fused-ring (bicyclic) bond motifs is 1. The highest BCUT2D eigenvalue weighted by Gasteiger charge is 2.36. The van der Waals surface area contributed by atoms with Crippen molar-refractivity contribution in [1.82, 2.24) is 19.2 Å². The molecule has 25 heavy (non-hydrogen) atoms. The zero-order valence-corrected chi connectivity index (χ0v) is 14.7. The number of rotatable bonds is 3. The summed E-state index contributed by atoms with van der Waals surface area (Å²) in [7, 11) is -3.73. The maximum atomic E-state index is 13.6. The molecule has 8 heteroatoms. The smallest absolute Gasteiger partial charge is 0.262 e. The number of benzene rings is 1. The quantitative estimate of drug-likeness (QED) is 0.900. The molecule has 1 aromatic carbocycles. The van der Waals surface area contributed by atoms with Crippen molar-refractivity contribution in [3.63, 3.8) is 0 Å². The Morgan fingerprint density at radius 2 is 2.12 bits per heavy atom. The average molecular weight is 364 g/mol. The highest BCUT2D eigenvalue weighted by Crippen LogP contribution is 2.29. The van der Waals surface area contributed by atoms with Gasteiger partial charge in [-0.1, -0.05) is 12.1 Å². The maximum absolute atomic E-state index is 13.6. The van der Waals surface area contributed by atoms with E-state index in [-0.39, 0.29) is 10.8 Å². The van der Waals surface area contributed by atoms with Gasteiger partial charge in [0, 0.05) is 38.8 Å². The van der Waals surface area contributed by atoms with Crippen LogP contribution in [0.4, 0.5) is 4.39 Å². The van der Waals surface area contributed by atoms with Gasteiger partial charge in [0.05, 0.1) is 6.04 Å². The largest absolute Gasteiger partial charge is 0.333 e. The fourth-order valence-corrected chi connectivity index (χ4v) is 5.19. The van der Waals surface area contributed by atoms with E-state index in [1.54, 1.807) is 18.3 Å². The molecule has 134 valence electrons. The number of aromatic nitrogens is 2. The second-order valence-electron chi connectivity index (χ2n) is 6.54. The first-order chi connectivity index (χ1) is 12.1. The van der Waals surface area contributed by atoms with Crippen molar-refractivity contribution in [2.24, 2.45) is 0 Å². The number of nitrogens with zero attached hydrogens (tertiary/aromatic N) is 3. The van der Waals surface area contributed by atoms with Crippen LogP contribution in [0.15, 0.2) is 35.5 Å². The SMILES string of the molecule is O=S(=O)(c1cn2c(n1)CCCC2)N1CCNCC1c1cccc(F)c1. The van der Waals surface area contributed by atoms with Crippen LogP contribution in [-0.2, 0) is 23.0 Å². The minimum atomic E-state index is -3.73. The minimum absolute atomic E-state index is 0.104. The van der Waals surface area contributed by atoms with Gasteiger partial charge in [-0.05, 0) is 30.5 Å². The zero-order valence-electron chi connectivity index (χ0n) is 13.9. The van der Waals surface area contributed by atoms with Gasteiger partial charge in [-0.15, -0.1) is 0 Å². The van der Waals surface area contributed by atoms with E-state index >= 15 is 0 Å². The summed E-state index contributed by atoms with van der Waals surface area (Å²) < 4.78 is 43.4. The van der Waals surface area contributed by atoms with Crippen LogP contribution in [0, 0.1) is 5.82 Å². The Balaban J connectivity index is 1.70. The molecular weight excluding hydrogens is 343 g/mol. The number of nitrogens with one attached hydrogen (secondary N) is 1. The molecule has 0 radical (unpaired) electrons. The molecule has 2 aliphatic rings. The Hall–Kier alpha value is -1.77. The normalized spacial score (nSPS) is 21.9. The van der Waals surface area contributed by atoms with Crippen LogP contribution in [0.3, 0.4) is 0 Å². The summed E-state index contributed by atoms with van der Waals surface area (Å²) in [6, 6.07) is 5.70. The predicted molar refractivity (Wildman–Crippen MR) is 91.1 cm³/mol.